The van der Waals surface area contributed by atoms with E-state index in [1.165, 1.54) is 31.2 Å². The third-order valence-corrected chi connectivity index (χ3v) is 12.4. The lowest BCUT2D eigenvalue weighted by atomic mass is 9.96. The van der Waals surface area contributed by atoms with Crippen molar-refractivity contribution in [2.24, 2.45) is 17.6 Å². The number of carboxylic acid groups (broad SMARTS) is 1. The highest BCUT2D eigenvalue weighted by molar-refractivity contribution is 6.00. The molecule has 11 unspecified atom stereocenters. The van der Waals surface area contributed by atoms with Crippen molar-refractivity contribution in [2.75, 3.05) is 6.54 Å². The van der Waals surface area contributed by atoms with Gasteiger partial charge in [-0.15, -0.1) is 0 Å². The number of phenols is 1. The number of nitrogens with one attached hydrogen (secondary N) is 7. The first-order chi connectivity index (χ1) is 32.6. The Morgan fingerprint density at radius 1 is 0.609 bits per heavy atom. The first kappa shape index (κ1) is 54.5. The predicted molar refractivity (Wildman–Crippen MR) is 247 cm³/mol. The molecule has 11 atom stereocenters. The molecule has 0 radical (unpaired) electrons. The van der Waals surface area contributed by atoms with Crippen LogP contribution in [0.4, 0.5) is 0 Å². The average molecular weight is 964 g/mol. The van der Waals surface area contributed by atoms with Crippen molar-refractivity contribution < 1.29 is 63.3 Å². The topological polar surface area (TPSA) is 345 Å². The Labute approximate surface area is 399 Å². The number of nitrogens with two attached hydrogens (primary N) is 1. The standard InChI is InChI=1S/C47H65N9O13/c1-6-24(3)37-44(66)50-31(20-27-12-9-8-10-13-27)40(62)49-30(21-28-15-17-29(58)18-16-28)41(63)52-33(23-36(60)61)47(69)56-19-11-14-34(56)43(65)54-38(25(4)7-2)45(67)55-39(26(5)57)46(68)51-32(22-35(48)59)42(64)53-37/h8-10,12-13,15-18,24-26,30-34,37-39,57-58H,6-7,11,14,19-23H2,1-5H3,(H2,48,59)(H,49,62)(H,50,66)(H,51,68)(H,52,63)(H,53,64)(H,54,65)(H,55,67)(H,60,61). The summed E-state index contributed by atoms with van der Waals surface area (Å²) in [4.78, 5) is 139. The summed E-state index contributed by atoms with van der Waals surface area (Å²) in [5.41, 5.74) is 6.47. The van der Waals surface area contributed by atoms with E-state index in [4.69, 9.17) is 5.73 Å². The number of carbonyl (C=O) groups excluding carboxylic acids is 9. The normalized spacial score (nSPS) is 26.3. The van der Waals surface area contributed by atoms with Gasteiger partial charge in [0, 0.05) is 19.4 Å². The number of amides is 9. The Morgan fingerprint density at radius 3 is 1.58 bits per heavy atom. The lowest BCUT2D eigenvalue weighted by Crippen LogP contribution is -2.63. The van der Waals surface area contributed by atoms with Crippen LogP contribution >= 0.6 is 0 Å². The number of carbonyl (C=O) groups is 10. The quantitative estimate of drug-likeness (QED) is 0.108. The molecule has 2 aliphatic heterocycles. The molecule has 2 fully saturated rings. The van der Waals surface area contributed by atoms with E-state index in [2.05, 4.69) is 37.2 Å². The molecule has 12 N–H and O–H groups in total. The Hall–Kier alpha value is -7.10. The van der Waals surface area contributed by atoms with E-state index in [1.54, 1.807) is 58.0 Å². The number of fused-ring (bicyclic) bond motifs is 1. The van der Waals surface area contributed by atoms with E-state index >= 15 is 0 Å². The summed E-state index contributed by atoms with van der Waals surface area (Å²) in [6.45, 7) is 7.82. The van der Waals surface area contributed by atoms with Gasteiger partial charge in [0.1, 0.15) is 54.1 Å². The van der Waals surface area contributed by atoms with Gasteiger partial charge < -0.3 is 63.2 Å². The number of rotatable bonds is 13. The van der Waals surface area contributed by atoms with E-state index in [-0.39, 0.29) is 44.4 Å². The van der Waals surface area contributed by atoms with Crippen LogP contribution in [-0.2, 0) is 60.8 Å². The van der Waals surface area contributed by atoms with E-state index in [0.29, 0.717) is 17.5 Å². The van der Waals surface area contributed by atoms with Crippen LogP contribution < -0.4 is 43.0 Å². The molecule has 0 aliphatic carbocycles. The molecule has 2 heterocycles. The van der Waals surface area contributed by atoms with Crippen molar-refractivity contribution in [3.05, 3.63) is 65.7 Å². The number of aliphatic hydroxyl groups is 1. The molecular formula is C47H65N9O13. The fraction of sp³-hybridized carbons (Fsp3) is 0.532. The molecule has 69 heavy (non-hydrogen) atoms. The maximum atomic E-state index is 14.5. The Balaban J connectivity index is 1.87. The van der Waals surface area contributed by atoms with Crippen LogP contribution in [0.1, 0.15) is 84.3 Å². The number of benzene rings is 2. The summed E-state index contributed by atoms with van der Waals surface area (Å²) in [6, 6.07) is 1.74. The molecule has 2 aliphatic rings. The van der Waals surface area contributed by atoms with Crippen LogP contribution in [-0.4, -0.2) is 140 Å². The highest BCUT2D eigenvalue weighted by Crippen LogP contribution is 2.22. The van der Waals surface area contributed by atoms with Crippen LogP contribution in [0.2, 0.25) is 0 Å². The Bertz CT molecular complexity index is 2190. The SMILES string of the molecule is CCC(C)C1NC(=O)C(CC(N)=O)NC(=O)C(C(C)O)NC(=O)C(C(C)CC)NC(=O)C2CCCN2C(=O)C(CC(=O)O)NC(=O)C(Cc2ccc(O)cc2)NC(=O)C(Cc2ccccc2)NC1=O. The molecule has 0 aromatic heterocycles. The fourth-order valence-corrected chi connectivity index (χ4v) is 8.05. The van der Waals surface area contributed by atoms with Gasteiger partial charge in [-0.3, -0.25) is 47.9 Å². The highest BCUT2D eigenvalue weighted by atomic mass is 16.4. The molecule has 4 rings (SSSR count). The van der Waals surface area contributed by atoms with Gasteiger partial charge in [-0.1, -0.05) is 83.0 Å². The zero-order chi connectivity index (χ0) is 51.1. The van der Waals surface area contributed by atoms with Crippen LogP contribution in [0.25, 0.3) is 0 Å². The van der Waals surface area contributed by atoms with Crippen LogP contribution in [0.5, 0.6) is 5.75 Å². The molecule has 0 spiro atoms. The molecule has 0 saturated carbocycles. The summed E-state index contributed by atoms with van der Waals surface area (Å²) in [6.07, 6.45) is -2.82. The third kappa shape index (κ3) is 15.5. The van der Waals surface area contributed by atoms with Gasteiger partial charge in [0.2, 0.25) is 53.2 Å². The summed E-state index contributed by atoms with van der Waals surface area (Å²) in [5, 5.41) is 48.4. The number of phenolic OH excluding ortho intramolecular Hbond substituents is 1. The Kier molecular flexibility index (Phi) is 20.0. The second-order valence-electron chi connectivity index (χ2n) is 17.7. The zero-order valence-corrected chi connectivity index (χ0v) is 39.4. The average Bonchev–Trinajstić information content (AvgIpc) is 3.80. The monoisotopic (exact) mass is 963 g/mol. The van der Waals surface area contributed by atoms with E-state index in [1.807, 2.05) is 0 Å². The molecule has 2 saturated heterocycles. The molecule has 2 aromatic rings. The number of hydrogen-bond acceptors (Lipinski definition) is 12. The van der Waals surface area contributed by atoms with Crippen molar-refractivity contribution in [3.8, 4) is 5.75 Å². The maximum Gasteiger partial charge on any atom is 0.305 e. The molecule has 9 amide bonds. The number of hydrogen-bond donors (Lipinski definition) is 11. The summed E-state index contributed by atoms with van der Waals surface area (Å²) in [7, 11) is 0. The van der Waals surface area contributed by atoms with E-state index in [9.17, 15) is 63.3 Å². The van der Waals surface area contributed by atoms with Gasteiger partial charge in [-0.05, 0) is 54.9 Å². The van der Waals surface area contributed by atoms with Gasteiger partial charge in [-0.2, -0.15) is 0 Å². The van der Waals surface area contributed by atoms with Crippen molar-refractivity contribution in [3.63, 3.8) is 0 Å². The lowest BCUT2D eigenvalue weighted by molar-refractivity contribution is -0.146. The van der Waals surface area contributed by atoms with Crippen molar-refractivity contribution >= 4 is 59.1 Å². The zero-order valence-electron chi connectivity index (χ0n) is 39.4. The van der Waals surface area contributed by atoms with Gasteiger partial charge in [0.15, 0.2) is 0 Å². The van der Waals surface area contributed by atoms with Gasteiger partial charge in [0.05, 0.1) is 18.9 Å². The second-order valence-corrected chi connectivity index (χ2v) is 17.7. The van der Waals surface area contributed by atoms with Crippen LogP contribution in [0.15, 0.2) is 54.6 Å². The molecule has 0 bridgehead atoms. The van der Waals surface area contributed by atoms with Gasteiger partial charge >= 0.3 is 5.97 Å². The summed E-state index contributed by atoms with van der Waals surface area (Å²) in [5.74, 6) is -11.6. The molecule has 2 aromatic carbocycles. The van der Waals surface area contributed by atoms with Crippen molar-refractivity contribution in [2.45, 2.75) is 140 Å². The molecule has 22 heteroatoms. The van der Waals surface area contributed by atoms with Gasteiger partial charge in [-0.25, -0.2) is 0 Å². The largest absolute Gasteiger partial charge is 0.508 e. The minimum absolute atomic E-state index is 0.0421. The third-order valence-electron chi connectivity index (χ3n) is 12.4. The number of aromatic hydroxyl groups is 1. The van der Waals surface area contributed by atoms with Crippen molar-refractivity contribution in [1.82, 2.24) is 42.1 Å². The number of nitrogens with zero attached hydrogens (tertiary/aromatic N) is 1. The Morgan fingerprint density at radius 2 is 1.06 bits per heavy atom. The maximum absolute atomic E-state index is 14.5. The number of primary amides is 1. The lowest BCUT2D eigenvalue weighted by Gasteiger charge is -2.32. The minimum Gasteiger partial charge on any atom is -0.508 e. The molecule has 376 valence electrons. The molecular weight excluding hydrogens is 899 g/mol. The predicted octanol–water partition coefficient (Wildman–Crippen LogP) is -1.60. The first-order valence-corrected chi connectivity index (χ1v) is 23.1. The second kappa shape index (κ2) is 25.3. The first-order valence-electron chi connectivity index (χ1n) is 23.1. The smallest absolute Gasteiger partial charge is 0.305 e. The number of aliphatic hydroxyl groups excluding tert-OH is 1. The highest BCUT2D eigenvalue weighted by Gasteiger charge is 2.42. The van der Waals surface area contributed by atoms with E-state index in [0.717, 1.165) is 4.90 Å². The van der Waals surface area contributed by atoms with Gasteiger partial charge in [0.25, 0.3) is 0 Å². The van der Waals surface area contributed by atoms with E-state index < -0.39 is 138 Å². The number of aliphatic carboxylic acids is 1. The van der Waals surface area contributed by atoms with Crippen molar-refractivity contribution in [1.29, 1.82) is 0 Å². The molecule has 22 nitrogen and oxygen atoms in total. The summed E-state index contributed by atoms with van der Waals surface area (Å²) < 4.78 is 0. The number of carboxylic acids is 1. The summed E-state index contributed by atoms with van der Waals surface area (Å²) >= 11 is 0. The van der Waals surface area contributed by atoms with Crippen LogP contribution in [0, 0.1) is 11.8 Å². The minimum atomic E-state index is -1.77. The van der Waals surface area contributed by atoms with Crippen LogP contribution in [0.3, 0.4) is 0 Å². The fourth-order valence-electron chi connectivity index (χ4n) is 8.05.